The zero-order valence-corrected chi connectivity index (χ0v) is 15.9. The summed E-state index contributed by atoms with van der Waals surface area (Å²) in [5, 5.41) is 9.06. The van der Waals surface area contributed by atoms with E-state index in [0.717, 1.165) is 5.56 Å². The summed E-state index contributed by atoms with van der Waals surface area (Å²) in [6.07, 6.45) is 0. The lowest BCUT2D eigenvalue weighted by molar-refractivity contribution is 0.00578. The fourth-order valence-electron chi connectivity index (χ4n) is 2.38. The Kier molecular flexibility index (Phi) is 5.19. The number of aryl methyl sites for hydroxylation is 1. The van der Waals surface area contributed by atoms with Crippen LogP contribution in [0.5, 0.6) is 0 Å². The van der Waals surface area contributed by atoms with Gasteiger partial charge >= 0.3 is 7.12 Å². The Labute approximate surface area is 144 Å². The summed E-state index contributed by atoms with van der Waals surface area (Å²) in [7, 11) is -4.34. The van der Waals surface area contributed by atoms with Crippen molar-refractivity contribution in [1.82, 2.24) is 4.72 Å². The van der Waals surface area contributed by atoms with E-state index in [1.54, 1.807) is 19.1 Å². The van der Waals surface area contributed by atoms with Crippen LogP contribution >= 0.6 is 0 Å². The molecule has 1 heterocycles. The molecule has 0 bridgehead atoms. The molecule has 1 saturated heterocycles. The van der Waals surface area contributed by atoms with Crippen molar-refractivity contribution in [3.8, 4) is 0 Å². The normalized spacial score (nSPS) is 21.0. The van der Waals surface area contributed by atoms with Crippen LogP contribution in [0.4, 0.5) is 0 Å². The molecule has 1 aliphatic rings. The zero-order chi connectivity index (χ0) is 18.3. The molecule has 0 aromatic heterocycles. The second-order valence-corrected chi connectivity index (χ2v) is 9.03. The molecule has 1 aliphatic heterocycles. The molecule has 0 amide bonds. The first-order valence-electron chi connectivity index (χ1n) is 7.99. The first kappa shape index (κ1) is 19.4. The van der Waals surface area contributed by atoms with Crippen LogP contribution < -0.4 is 10.2 Å². The fraction of sp³-hybridized carbons (Fsp3) is 0.625. The Morgan fingerprint density at radius 2 is 1.75 bits per heavy atom. The van der Waals surface area contributed by atoms with Gasteiger partial charge in [-0.2, -0.15) is 0 Å². The lowest BCUT2D eigenvalue weighted by atomic mass is 9.76. The average Bonchev–Trinajstić information content (AvgIpc) is 2.66. The van der Waals surface area contributed by atoms with Crippen LogP contribution in [0, 0.1) is 6.92 Å². The molecule has 6 nitrogen and oxygen atoms in total. The summed E-state index contributed by atoms with van der Waals surface area (Å²) in [4.78, 5) is 0.123. The third-order valence-electron chi connectivity index (χ3n) is 4.70. The predicted octanol–water partition coefficient (Wildman–Crippen LogP) is 0.953. The average molecular weight is 355 g/mol. The minimum Gasteiger partial charge on any atom is -0.399 e. The van der Waals surface area contributed by atoms with Crippen LogP contribution in [0.25, 0.3) is 0 Å². The molecule has 2 N–H and O–H groups in total. The van der Waals surface area contributed by atoms with Crippen LogP contribution in [0.1, 0.15) is 40.2 Å². The Hall–Kier alpha value is -0.925. The molecule has 0 unspecified atom stereocenters. The minimum absolute atomic E-state index is 0.123. The van der Waals surface area contributed by atoms with Crippen molar-refractivity contribution in [3.05, 3.63) is 23.8 Å². The largest absolute Gasteiger partial charge is 0.495 e. The van der Waals surface area contributed by atoms with Gasteiger partial charge in [0, 0.05) is 6.04 Å². The van der Waals surface area contributed by atoms with Gasteiger partial charge in [-0.15, -0.1) is 0 Å². The van der Waals surface area contributed by atoms with E-state index in [1.165, 1.54) is 6.07 Å². The molecule has 24 heavy (non-hydrogen) atoms. The van der Waals surface area contributed by atoms with E-state index >= 15 is 0 Å². The van der Waals surface area contributed by atoms with Crippen LogP contribution in [-0.4, -0.2) is 44.5 Å². The number of aliphatic hydroxyl groups excluding tert-OH is 1. The highest BCUT2D eigenvalue weighted by atomic mass is 32.2. The van der Waals surface area contributed by atoms with Gasteiger partial charge in [0.2, 0.25) is 10.0 Å². The van der Waals surface area contributed by atoms with E-state index in [4.69, 9.17) is 14.4 Å². The molecule has 1 fully saturated rings. The van der Waals surface area contributed by atoms with Crippen molar-refractivity contribution in [2.24, 2.45) is 0 Å². The minimum atomic E-state index is -3.72. The van der Waals surface area contributed by atoms with Gasteiger partial charge in [0.05, 0.1) is 22.7 Å². The highest BCUT2D eigenvalue weighted by Gasteiger charge is 2.52. The Bertz CT molecular complexity index is 701. The van der Waals surface area contributed by atoms with Gasteiger partial charge < -0.3 is 14.4 Å². The lowest BCUT2D eigenvalue weighted by Crippen LogP contribution is -2.41. The molecular formula is C16H26BNO5S. The van der Waals surface area contributed by atoms with Gasteiger partial charge in [-0.3, -0.25) is 0 Å². The maximum atomic E-state index is 12.4. The monoisotopic (exact) mass is 355 g/mol. The van der Waals surface area contributed by atoms with E-state index in [9.17, 15) is 8.42 Å². The number of nitrogens with one attached hydrogen (secondary N) is 1. The van der Waals surface area contributed by atoms with Crippen LogP contribution in [0.15, 0.2) is 23.1 Å². The molecule has 1 atom stereocenters. The third kappa shape index (κ3) is 3.67. The fourth-order valence-corrected chi connectivity index (χ4v) is 3.65. The van der Waals surface area contributed by atoms with Crippen molar-refractivity contribution >= 4 is 22.6 Å². The number of rotatable bonds is 5. The summed E-state index contributed by atoms with van der Waals surface area (Å²) >= 11 is 0. The molecule has 2 rings (SSSR count). The summed E-state index contributed by atoms with van der Waals surface area (Å²) in [5.74, 6) is 0. The van der Waals surface area contributed by atoms with Crippen molar-refractivity contribution < 1.29 is 22.8 Å². The Morgan fingerprint density at radius 1 is 1.21 bits per heavy atom. The summed E-state index contributed by atoms with van der Waals surface area (Å²) < 4.78 is 39.3. The highest BCUT2D eigenvalue weighted by molar-refractivity contribution is 7.89. The number of benzene rings is 1. The first-order chi connectivity index (χ1) is 10.9. The van der Waals surface area contributed by atoms with E-state index < -0.39 is 34.4 Å². The standard InChI is InChI=1S/C16H26BNO5S/c1-11-7-8-13(24(20,21)18-12(2)10-19)9-14(11)17-22-15(3,4)16(5,6)23-17/h7-9,12,18-19H,10H2,1-6H3/t12-/m0/s1. The first-order valence-corrected chi connectivity index (χ1v) is 9.47. The smallest absolute Gasteiger partial charge is 0.399 e. The van der Waals surface area contributed by atoms with Gasteiger partial charge in [-0.05, 0) is 59.1 Å². The molecule has 134 valence electrons. The van der Waals surface area contributed by atoms with Gasteiger partial charge in [-0.25, -0.2) is 13.1 Å². The third-order valence-corrected chi connectivity index (χ3v) is 6.29. The van der Waals surface area contributed by atoms with E-state index in [0.29, 0.717) is 5.46 Å². The van der Waals surface area contributed by atoms with Gasteiger partial charge in [0.1, 0.15) is 0 Å². The molecule has 1 aromatic rings. The number of sulfonamides is 1. The molecule has 0 aliphatic carbocycles. The maximum Gasteiger partial charge on any atom is 0.495 e. The van der Waals surface area contributed by atoms with Gasteiger partial charge in [0.25, 0.3) is 0 Å². The maximum absolute atomic E-state index is 12.4. The summed E-state index contributed by atoms with van der Waals surface area (Å²) in [6.45, 7) is 11.0. The molecule has 0 radical (unpaired) electrons. The van der Waals surface area contributed by atoms with Crippen LogP contribution in [0.3, 0.4) is 0 Å². The Morgan fingerprint density at radius 3 is 2.25 bits per heavy atom. The number of aliphatic hydroxyl groups is 1. The topological polar surface area (TPSA) is 84.9 Å². The lowest BCUT2D eigenvalue weighted by Gasteiger charge is -2.32. The van der Waals surface area contributed by atoms with E-state index in [-0.39, 0.29) is 11.5 Å². The molecule has 1 aromatic carbocycles. The Balaban J connectivity index is 2.37. The molecule has 0 spiro atoms. The van der Waals surface area contributed by atoms with E-state index in [2.05, 4.69) is 4.72 Å². The molecule has 8 heteroatoms. The highest BCUT2D eigenvalue weighted by Crippen LogP contribution is 2.36. The van der Waals surface area contributed by atoms with Crippen molar-refractivity contribution in [2.45, 2.75) is 63.7 Å². The van der Waals surface area contributed by atoms with Crippen LogP contribution in [0.2, 0.25) is 0 Å². The SMILES string of the molecule is Cc1ccc(S(=O)(=O)N[C@@H](C)CO)cc1B1OC(C)(C)C(C)(C)O1. The molecular weight excluding hydrogens is 329 g/mol. The second kappa shape index (κ2) is 6.42. The van der Waals surface area contributed by atoms with E-state index in [1.807, 2.05) is 34.6 Å². The van der Waals surface area contributed by atoms with Crippen molar-refractivity contribution in [2.75, 3.05) is 6.61 Å². The second-order valence-electron chi connectivity index (χ2n) is 7.31. The number of hydrogen-bond acceptors (Lipinski definition) is 5. The predicted molar refractivity (Wildman–Crippen MR) is 93.8 cm³/mol. The van der Waals surface area contributed by atoms with Crippen molar-refractivity contribution in [3.63, 3.8) is 0 Å². The number of hydrogen-bond donors (Lipinski definition) is 2. The van der Waals surface area contributed by atoms with Gasteiger partial charge in [0.15, 0.2) is 0 Å². The van der Waals surface area contributed by atoms with Gasteiger partial charge in [-0.1, -0.05) is 11.6 Å². The van der Waals surface area contributed by atoms with Crippen LogP contribution in [-0.2, 0) is 19.3 Å². The quantitative estimate of drug-likeness (QED) is 0.769. The summed E-state index contributed by atoms with van der Waals surface area (Å²) in [5.41, 5.74) is 0.585. The van der Waals surface area contributed by atoms with Crippen molar-refractivity contribution in [1.29, 1.82) is 0 Å². The zero-order valence-electron chi connectivity index (χ0n) is 15.1. The molecule has 0 saturated carbocycles. The summed E-state index contributed by atoms with van der Waals surface area (Å²) in [6, 6.07) is 4.29.